The fourth-order valence-corrected chi connectivity index (χ4v) is 2.94. The number of carbonyl (C=O) groups is 1. The van der Waals surface area contributed by atoms with Crippen molar-refractivity contribution < 1.29 is 13.6 Å². The van der Waals surface area contributed by atoms with Crippen molar-refractivity contribution in [1.82, 2.24) is 15.5 Å². The van der Waals surface area contributed by atoms with Crippen LogP contribution in [0.4, 0.5) is 14.5 Å². The smallest absolute Gasteiger partial charge is 0.266 e. The van der Waals surface area contributed by atoms with Crippen LogP contribution in [0.25, 0.3) is 0 Å². The van der Waals surface area contributed by atoms with E-state index in [9.17, 15) is 18.4 Å². The Bertz CT molecular complexity index is 816. The van der Waals surface area contributed by atoms with Crippen LogP contribution in [-0.4, -0.2) is 29.2 Å². The maximum atomic E-state index is 13.6. The molecule has 1 fully saturated rings. The van der Waals surface area contributed by atoms with Gasteiger partial charge in [0.2, 0.25) is 5.91 Å². The molecular weight excluding hydrogens is 330 g/mol. The number of rotatable bonds is 4. The summed E-state index contributed by atoms with van der Waals surface area (Å²) in [6.45, 7) is 1.20. The maximum absolute atomic E-state index is 13.6. The monoisotopic (exact) mass is 348 g/mol. The van der Waals surface area contributed by atoms with E-state index in [0.717, 1.165) is 23.9 Å². The Balaban J connectivity index is 1.53. The third-order valence-corrected chi connectivity index (χ3v) is 4.34. The molecule has 1 amide bonds. The Hall–Kier alpha value is -2.77. The number of nitrogens with zero attached hydrogens (tertiary/aromatic N) is 2. The average Bonchev–Trinajstić information content (AvgIpc) is 2.62. The van der Waals surface area contributed by atoms with Gasteiger partial charge < -0.3 is 10.2 Å². The van der Waals surface area contributed by atoms with E-state index in [0.29, 0.717) is 25.9 Å². The van der Waals surface area contributed by atoms with Crippen molar-refractivity contribution in [3.05, 3.63) is 58.0 Å². The minimum Gasteiger partial charge on any atom is -0.370 e. The predicted molar refractivity (Wildman–Crippen MR) is 88.0 cm³/mol. The van der Waals surface area contributed by atoms with E-state index in [4.69, 9.17) is 0 Å². The van der Waals surface area contributed by atoms with E-state index in [2.05, 4.69) is 15.5 Å². The molecule has 8 heteroatoms. The van der Waals surface area contributed by atoms with Gasteiger partial charge in [0.25, 0.3) is 5.56 Å². The fraction of sp³-hybridized carbons (Fsp3) is 0.353. The normalized spacial score (nSPS) is 15.2. The van der Waals surface area contributed by atoms with Crippen LogP contribution in [0.1, 0.15) is 18.4 Å². The first kappa shape index (κ1) is 17.1. The minimum absolute atomic E-state index is 0.0410. The Morgan fingerprint density at radius 1 is 1.28 bits per heavy atom. The van der Waals surface area contributed by atoms with E-state index in [1.807, 2.05) is 4.90 Å². The van der Waals surface area contributed by atoms with Crippen LogP contribution in [0.5, 0.6) is 0 Å². The van der Waals surface area contributed by atoms with Gasteiger partial charge in [0, 0.05) is 37.2 Å². The highest BCUT2D eigenvalue weighted by atomic mass is 19.1. The molecule has 2 aromatic rings. The highest BCUT2D eigenvalue weighted by molar-refractivity contribution is 5.79. The topological polar surface area (TPSA) is 78.1 Å². The van der Waals surface area contributed by atoms with Crippen LogP contribution in [0.3, 0.4) is 0 Å². The summed E-state index contributed by atoms with van der Waals surface area (Å²) in [6.07, 6.45) is 2.81. The second-order valence-corrected chi connectivity index (χ2v) is 6.02. The van der Waals surface area contributed by atoms with Gasteiger partial charge in [0.15, 0.2) is 0 Å². The second-order valence-electron chi connectivity index (χ2n) is 6.02. The number of halogens is 2. The number of benzene rings is 1. The van der Waals surface area contributed by atoms with Crippen LogP contribution >= 0.6 is 0 Å². The Morgan fingerprint density at radius 2 is 2.04 bits per heavy atom. The number of hydrogen-bond donors (Lipinski definition) is 2. The molecule has 1 aromatic carbocycles. The number of anilines is 1. The van der Waals surface area contributed by atoms with Crippen LogP contribution < -0.4 is 15.8 Å². The number of aromatic nitrogens is 2. The lowest BCUT2D eigenvalue weighted by Crippen LogP contribution is -2.40. The maximum Gasteiger partial charge on any atom is 0.266 e. The Labute approximate surface area is 142 Å². The lowest BCUT2D eigenvalue weighted by atomic mass is 9.95. The summed E-state index contributed by atoms with van der Waals surface area (Å²) in [5.41, 5.74) is 0.583. The van der Waals surface area contributed by atoms with Crippen LogP contribution in [0, 0.1) is 17.6 Å². The van der Waals surface area contributed by atoms with Crippen molar-refractivity contribution in [1.29, 1.82) is 0 Å². The molecule has 6 nitrogen and oxygen atoms in total. The van der Waals surface area contributed by atoms with E-state index >= 15 is 0 Å². The summed E-state index contributed by atoms with van der Waals surface area (Å²) >= 11 is 0. The molecule has 0 unspecified atom stereocenters. The second kappa shape index (κ2) is 7.42. The summed E-state index contributed by atoms with van der Waals surface area (Å²) < 4.78 is 26.7. The van der Waals surface area contributed by atoms with E-state index < -0.39 is 11.6 Å². The molecule has 0 spiro atoms. The fourth-order valence-electron chi connectivity index (χ4n) is 2.94. The van der Waals surface area contributed by atoms with Gasteiger partial charge in [-0.05, 0) is 31.0 Å². The highest BCUT2D eigenvalue weighted by Crippen LogP contribution is 2.22. The number of aromatic amines is 1. The molecule has 2 N–H and O–H groups in total. The zero-order chi connectivity index (χ0) is 17.8. The van der Waals surface area contributed by atoms with Crippen molar-refractivity contribution in [2.24, 2.45) is 5.92 Å². The van der Waals surface area contributed by atoms with Gasteiger partial charge in [-0.2, -0.15) is 5.10 Å². The third-order valence-electron chi connectivity index (χ3n) is 4.34. The molecule has 1 aliphatic rings. The number of nitrogens with one attached hydrogen (secondary N) is 2. The van der Waals surface area contributed by atoms with E-state index in [1.54, 1.807) is 6.20 Å². The quantitative estimate of drug-likeness (QED) is 0.879. The van der Waals surface area contributed by atoms with Crippen LogP contribution in [0.2, 0.25) is 0 Å². The molecule has 1 aromatic heterocycles. The predicted octanol–water partition coefficient (Wildman–Crippen LogP) is 1.58. The van der Waals surface area contributed by atoms with Gasteiger partial charge >= 0.3 is 0 Å². The van der Waals surface area contributed by atoms with Crippen molar-refractivity contribution in [3.63, 3.8) is 0 Å². The molecule has 0 atom stereocenters. The highest BCUT2D eigenvalue weighted by Gasteiger charge is 2.25. The number of amides is 1. The molecular formula is C17H18F2N4O2. The number of carbonyl (C=O) groups excluding carboxylic acids is 1. The van der Waals surface area contributed by atoms with Crippen molar-refractivity contribution in [2.75, 3.05) is 18.0 Å². The minimum atomic E-state index is -0.543. The summed E-state index contributed by atoms with van der Waals surface area (Å²) in [7, 11) is 0. The van der Waals surface area contributed by atoms with Gasteiger partial charge in [0.1, 0.15) is 11.6 Å². The number of piperidine rings is 1. The lowest BCUT2D eigenvalue weighted by Gasteiger charge is -2.32. The molecule has 0 saturated carbocycles. The van der Waals surface area contributed by atoms with Gasteiger partial charge in [0.05, 0.1) is 11.9 Å². The Morgan fingerprint density at radius 3 is 2.76 bits per heavy atom. The zero-order valence-electron chi connectivity index (χ0n) is 13.5. The average molecular weight is 348 g/mol. The Kier molecular flexibility index (Phi) is 5.06. The zero-order valence-corrected chi connectivity index (χ0v) is 13.5. The molecule has 0 bridgehead atoms. The molecule has 25 heavy (non-hydrogen) atoms. The van der Waals surface area contributed by atoms with Crippen LogP contribution in [0.15, 0.2) is 35.3 Å². The summed E-state index contributed by atoms with van der Waals surface area (Å²) in [6, 6.07) is 4.64. The number of H-pyrrole nitrogens is 1. The molecule has 3 rings (SSSR count). The summed E-state index contributed by atoms with van der Waals surface area (Å²) in [5.74, 6) is -1.45. The van der Waals surface area contributed by atoms with Gasteiger partial charge in [-0.1, -0.05) is 0 Å². The molecule has 0 aliphatic carbocycles. The SMILES string of the molecule is O=C(NCc1cc(F)ccc1F)C1CCN(c2cn[nH]c(=O)c2)CC1. The first-order valence-corrected chi connectivity index (χ1v) is 8.04. The largest absolute Gasteiger partial charge is 0.370 e. The first-order valence-electron chi connectivity index (χ1n) is 8.04. The van der Waals surface area contributed by atoms with Crippen molar-refractivity contribution in [3.8, 4) is 0 Å². The van der Waals surface area contributed by atoms with E-state index in [-0.39, 0.29) is 29.5 Å². The van der Waals surface area contributed by atoms with Gasteiger partial charge in [-0.15, -0.1) is 0 Å². The first-order chi connectivity index (χ1) is 12.0. The van der Waals surface area contributed by atoms with E-state index in [1.165, 1.54) is 6.07 Å². The molecule has 2 heterocycles. The summed E-state index contributed by atoms with van der Waals surface area (Å²) in [5, 5.41) is 8.76. The van der Waals surface area contributed by atoms with Crippen molar-refractivity contribution >= 4 is 11.6 Å². The molecule has 1 saturated heterocycles. The summed E-state index contributed by atoms with van der Waals surface area (Å²) in [4.78, 5) is 25.6. The van der Waals surface area contributed by atoms with Gasteiger partial charge in [-0.25, -0.2) is 13.9 Å². The lowest BCUT2D eigenvalue weighted by molar-refractivity contribution is -0.125. The molecule has 132 valence electrons. The molecule has 0 radical (unpaired) electrons. The molecule has 1 aliphatic heterocycles. The third kappa shape index (κ3) is 4.20. The van der Waals surface area contributed by atoms with Crippen molar-refractivity contribution in [2.45, 2.75) is 19.4 Å². The standard InChI is InChI=1S/C17H18F2N4O2/c18-13-1-2-15(19)12(7-13)9-20-17(25)11-3-5-23(6-4-11)14-8-16(24)22-21-10-14/h1-2,7-8,10-11H,3-6,9H2,(H,20,25)(H,22,24). The van der Waals surface area contributed by atoms with Crippen LogP contribution in [-0.2, 0) is 11.3 Å². The number of hydrogen-bond acceptors (Lipinski definition) is 4. The van der Waals surface area contributed by atoms with Gasteiger partial charge in [-0.3, -0.25) is 9.59 Å².